The van der Waals surface area contributed by atoms with E-state index in [9.17, 15) is 10.1 Å². The second-order valence-electron chi connectivity index (χ2n) is 7.04. The number of hydrogen-bond donors (Lipinski definition) is 1. The molecular formula is C23H17N7O2. The van der Waals surface area contributed by atoms with Gasteiger partial charge in [0.15, 0.2) is 0 Å². The van der Waals surface area contributed by atoms with Gasteiger partial charge < -0.3 is 5.32 Å². The lowest BCUT2D eigenvalue weighted by Gasteiger charge is -2.20. The lowest BCUT2D eigenvalue weighted by Crippen LogP contribution is -2.16. The number of anilines is 1. The quantitative estimate of drug-likeness (QED) is 0.320. The summed E-state index contributed by atoms with van der Waals surface area (Å²) in [5.74, 6) is 0.137. The van der Waals surface area contributed by atoms with Crippen LogP contribution in [-0.4, -0.2) is 29.9 Å². The first-order valence-corrected chi connectivity index (χ1v) is 9.89. The summed E-state index contributed by atoms with van der Waals surface area (Å²) in [6, 6.07) is 26.2. The fourth-order valence-corrected chi connectivity index (χ4v) is 3.61. The predicted octanol–water partition coefficient (Wildman–Crippen LogP) is 4.32. The van der Waals surface area contributed by atoms with Gasteiger partial charge >= 0.3 is 5.69 Å². The van der Waals surface area contributed by atoms with Crippen LogP contribution in [0.15, 0.2) is 91.3 Å². The smallest absolute Gasteiger partial charge is 0.353 e. The fraction of sp³-hybridized carbons (Fsp3) is 0.0435. The lowest BCUT2D eigenvalue weighted by atomic mass is 9.99. The van der Waals surface area contributed by atoms with Crippen molar-refractivity contribution in [2.24, 2.45) is 0 Å². The van der Waals surface area contributed by atoms with Crippen molar-refractivity contribution >= 4 is 22.5 Å². The zero-order valence-electron chi connectivity index (χ0n) is 16.7. The second-order valence-corrected chi connectivity index (χ2v) is 7.04. The van der Waals surface area contributed by atoms with E-state index < -0.39 is 4.92 Å². The van der Waals surface area contributed by atoms with Gasteiger partial charge in [-0.3, -0.25) is 10.1 Å². The van der Waals surface area contributed by atoms with Gasteiger partial charge in [0.05, 0.1) is 16.5 Å². The van der Waals surface area contributed by atoms with Crippen LogP contribution >= 0.6 is 0 Å². The third kappa shape index (κ3) is 3.52. The number of rotatable bonds is 6. The van der Waals surface area contributed by atoms with Crippen molar-refractivity contribution in [2.45, 2.75) is 6.04 Å². The van der Waals surface area contributed by atoms with E-state index in [1.54, 1.807) is 12.1 Å². The van der Waals surface area contributed by atoms with Crippen LogP contribution in [0.1, 0.15) is 17.2 Å². The molecule has 0 spiro atoms. The molecule has 0 aliphatic carbocycles. The summed E-state index contributed by atoms with van der Waals surface area (Å²) in [6.45, 7) is 0. The molecule has 5 rings (SSSR count). The highest BCUT2D eigenvalue weighted by Gasteiger charge is 2.28. The Kier molecular flexibility index (Phi) is 4.97. The fourth-order valence-electron chi connectivity index (χ4n) is 3.61. The van der Waals surface area contributed by atoms with Crippen LogP contribution in [-0.2, 0) is 0 Å². The summed E-state index contributed by atoms with van der Waals surface area (Å²) in [7, 11) is 0. The molecule has 2 aromatic heterocycles. The maximum atomic E-state index is 12.2. The van der Waals surface area contributed by atoms with E-state index in [1.165, 1.54) is 11.0 Å². The molecule has 9 heteroatoms. The molecule has 0 saturated carbocycles. The SMILES string of the molecule is O=[N+]([O-])c1c(NC(c2ccccc2)c2ccccc2)ncnc1-n1nnc2ccccc21. The molecule has 0 amide bonds. The Morgan fingerprint density at radius 2 is 1.47 bits per heavy atom. The molecule has 2 heterocycles. The minimum atomic E-state index is -0.499. The average Bonchev–Trinajstić information content (AvgIpc) is 3.27. The first kappa shape index (κ1) is 19.3. The molecule has 0 fully saturated rings. The summed E-state index contributed by atoms with van der Waals surface area (Å²) in [5.41, 5.74) is 2.84. The molecule has 156 valence electrons. The predicted molar refractivity (Wildman–Crippen MR) is 119 cm³/mol. The normalized spacial score (nSPS) is 11.0. The van der Waals surface area contributed by atoms with Crippen LogP contribution in [0.3, 0.4) is 0 Å². The number of nitrogens with one attached hydrogen (secondary N) is 1. The third-order valence-corrected chi connectivity index (χ3v) is 5.08. The van der Waals surface area contributed by atoms with Crippen molar-refractivity contribution in [1.82, 2.24) is 25.0 Å². The van der Waals surface area contributed by atoms with Crippen molar-refractivity contribution < 1.29 is 4.92 Å². The molecule has 1 N–H and O–H groups in total. The average molecular weight is 423 g/mol. The van der Waals surface area contributed by atoms with E-state index in [0.29, 0.717) is 11.0 Å². The molecule has 0 aliphatic heterocycles. The molecule has 0 atom stereocenters. The zero-order valence-corrected chi connectivity index (χ0v) is 16.7. The van der Waals surface area contributed by atoms with E-state index in [0.717, 1.165) is 11.1 Å². The van der Waals surface area contributed by atoms with Crippen LogP contribution in [0.4, 0.5) is 11.5 Å². The highest BCUT2D eigenvalue weighted by Crippen LogP contribution is 2.33. The number of para-hydroxylation sites is 1. The molecular weight excluding hydrogens is 406 g/mol. The minimum Gasteiger partial charge on any atom is -0.353 e. The molecule has 0 unspecified atom stereocenters. The zero-order chi connectivity index (χ0) is 21.9. The number of hydrogen-bond acceptors (Lipinski definition) is 7. The minimum absolute atomic E-state index is 0.0427. The van der Waals surface area contributed by atoms with Crippen LogP contribution < -0.4 is 5.32 Å². The molecule has 3 aromatic carbocycles. The van der Waals surface area contributed by atoms with E-state index in [2.05, 4.69) is 25.6 Å². The Balaban J connectivity index is 1.65. The highest BCUT2D eigenvalue weighted by atomic mass is 16.6. The van der Waals surface area contributed by atoms with Gasteiger partial charge in [-0.15, -0.1) is 5.10 Å². The summed E-state index contributed by atoms with van der Waals surface area (Å²) in [6.07, 6.45) is 1.29. The van der Waals surface area contributed by atoms with Crippen LogP contribution in [0.2, 0.25) is 0 Å². The van der Waals surface area contributed by atoms with Gasteiger partial charge in [0.1, 0.15) is 11.8 Å². The van der Waals surface area contributed by atoms with Gasteiger partial charge in [-0.05, 0) is 23.3 Å². The van der Waals surface area contributed by atoms with Gasteiger partial charge in [-0.2, -0.15) is 4.68 Å². The Morgan fingerprint density at radius 1 is 0.844 bits per heavy atom. The second kappa shape index (κ2) is 8.23. The van der Waals surface area contributed by atoms with E-state index >= 15 is 0 Å². The molecule has 0 bridgehead atoms. The first-order chi connectivity index (χ1) is 15.7. The third-order valence-electron chi connectivity index (χ3n) is 5.08. The summed E-state index contributed by atoms with van der Waals surface area (Å²) < 4.78 is 1.36. The highest BCUT2D eigenvalue weighted by molar-refractivity contribution is 5.77. The van der Waals surface area contributed by atoms with Crippen molar-refractivity contribution in [3.05, 3.63) is 112 Å². The van der Waals surface area contributed by atoms with Crippen molar-refractivity contribution in [1.29, 1.82) is 0 Å². The molecule has 0 aliphatic rings. The van der Waals surface area contributed by atoms with Gasteiger partial charge in [-0.25, -0.2) is 9.97 Å². The summed E-state index contributed by atoms with van der Waals surface area (Å²) in [5, 5.41) is 23.6. The monoisotopic (exact) mass is 423 g/mol. The maximum Gasteiger partial charge on any atom is 0.355 e. The molecule has 9 nitrogen and oxygen atoms in total. The number of fused-ring (bicyclic) bond motifs is 1. The molecule has 5 aromatic rings. The van der Waals surface area contributed by atoms with E-state index in [1.807, 2.05) is 72.8 Å². The Morgan fingerprint density at radius 3 is 2.12 bits per heavy atom. The van der Waals surface area contributed by atoms with Gasteiger partial charge in [0.2, 0.25) is 11.6 Å². The number of nitro groups is 1. The molecule has 32 heavy (non-hydrogen) atoms. The van der Waals surface area contributed by atoms with Crippen LogP contribution in [0.25, 0.3) is 16.9 Å². The van der Waals surface area contributed by atoms with Crippen LogP contribution in [0.5, 0.6) is 0 Å². The lowest BCUT2D eigenvalue weighted by molar-refractivity contribution is -0.384. The van der Waals surface area contributed by atoms with Gasteiger partial charge in [0, 0.05) is 0 Å². The Bertz CT molecular complexity index is 1350. The topological polar surface area (TPSA) is 112 Å². The van der Waals surface area contributed by atoms with Crippen LogP contribution in [0, 0.1) is 10.1 Å². The number of aromatic nitrogens is 5. The summed E-state index contributed by atoms with van der Waals surface area (Å²) >= 11 is 0. The molecule has 0 radical (unpaired) electrons. The summed E-state index contributed by atoms with van der Waals surface area (Å²) in [4.78, 5) is 20.0. The van der Waals surface area contributed by atoms with Gasteiger partial charge in [0.25, 0.3) is 0 Å². The van der Waals surface area contributed by atoms with Gasteiger partial charge in [-0.1, -0.05) is 78.0 Å². The number of nitrogens with zero attached hydrogens (tertiary/aromatic N) is 6. The van der Waals surface area contributed by atoms with Crippen molar-refractivity contribution in [3.63, 3.8) is 0 Å². The maximum absolute atomic E-state index is 12.2. The Hall–Kier alpha value is -4.66. The standard InChI is InChI=1S/C23H17N7O2/c31-30(32)21-22(24-15-25-23(21)29-19-14-8-7-13-18(19)27-28-29)26-20(16-9-3-1-4-10-16)17-11-5-2-6-12-17/h1-15,20H,(H,24,25,26). The van der Waals surface area contributed by atoms with E-state index in [-0.39, 0.29) is 23.4 Å². The Labute approximate surface area is 182 Å². The van der Waals surface area contributed by atoms with Crippen molar-refractivity contribution in [3.8, 4) is 5.82 Å². The van der Waals surface area contributed by atoms with E-state index in [4.69, 9.17) is 0 Å². The largest absolute Gasteiger partial charge is 0.355 e. The number of benzene rings is 3. The van der Waals surface area contributed by atoms with Crippen molar-refractivity contribution in [2.75, 3.05) is 5.32 Å². The molecule has 0 saturated heterocycles. The first-order valence-electron chi connectivity index (χ1n) is 9.89.